The summed E-state index contributed by atoms with van der Waals surface area (Å²) in [6, 6.07) is 22.7. The molecule has 0 saturated carbocycles. The molecule has 1 heterocycles. The summed E-state index contributed by atoms with van der Waals surface area (Å²) in [5, 5.41) is 12.0. The molecule has 0 aliphatic carbocycles. The van der Waals surface area contributed by atoms with Gasteiger partial charge in [0.15, 0.2) is 0 Å². The van der Waals surface area contributed by atoms with Crippen molar-refractivity contribution in [2.75, 3.05) is 6.54 Å². The van der Waals surface area contributed by atoms with Crippen molar-refractivity contribution in [2.24, 2.45) is 0 Å². The highest BCUT2D eigenvalue weighted by Crippen LogP contribution is 2.14. The lowest BCUT2D eigenvalue weighted by molar-refractivity contribution is -0.117. The van der Waals surface area contributed by atoms with Crippen molar-refractivity contribution in [3.63, 3.8) is 0 Å². The zero-order chi connectivity index (χ0) is 22.1. The second kappa shape index (κ2) is 10.4. The molecule has 31 heavy (non-hydrogen) atoms. The van der Waals surface area contributed by atoms with E-state index in [1.165, 1.54) is 18.2 Å². The van der Waals surface area contributed by atoms with E-state index in [-0.39, 0.29) is 22.8 Å². The van der Waals surface area contributed by atoms with E-state index in [0.717, 1.165) is 5.56 Å². The molecule has 1 aromatic heterocycles. The van der Waals surface area contributed by atoms with Crippen LogP contribution in [0.3, 0.4) is 0 Å². The van der Waals surface area contributed by atoms with Gasteiger partial charge in [0.2, 0.25) is 10.0 Å². The van der Waals surface area contributed by atoms with Gasteiger partial charge in [0.1, 0.15) is 23.2 Å². The van der Waals surface area contributed by atoms with Crippen LogP contribution in [0, 0.1) is 11.3 Å². The molecule has 8 heteroatoms. The SMILES string of the molecule is N#CC(=Cc1ccc(CNS(=O)(=O)c2ccccc2)o1)C(=O)NCCc1ccccc1. The van der Waals surface area contributed by atoms with Crippen LogP contribution in [0.5, 0.6) is 0 Å². The first-order valence-corrected chi connectivity index (χ1v) is 11.0. The zero-order valence-corrected chi connectivity index (χ0v) is 17.4. The lowest BCUT2D eigenvalue weighted by Crippen LogP contribution is -2.26. The molecule has 0 saturated heterocycles. The molecule has 2 aromatic carbocycles. The molecule has 0 fully saturated rings. The van der Waals surface area contributed by atoms with Gasteiger partial charge in [-0.25, -0.2) is 13.1 Å². The van der Waals surface area contributed by atoms with Crippen LogP contribution in [-0.4, -0.2) is 20.9 Å². The van der Waals surface area contributed by atoms with Gasteiger partial charge in [0, 0.05) is 12.6 Å². The molecular weight excluding hydrogens is 414 g/mol. The van der Waals surface area contributed by atoms with Gasteiger partial charge in [0.05, 0.1) is 11.4 Å². The molecule has 0 radical (unpaired) electrons. The minimum atomic E-state index is -3.67. The molecule has 0 spiro atoms. The zero-order valence-electron chi connectivity index (χ0n) is 16.6. The number of rotatable bonds is 9. The van der Waals surface area contributed by atoms with Crippen LogP contribution in [-0.2, 0) is 27.8 Å². The lowest BCUT2D eigenvalue weighted by atomic mass is 10.1. The summed E-state index contributed by atoms with van der Waals surface area (Å²) in [7, 11) is -3.67. The highest BCUT2D eigenvalue weighted by atomic mass is 32.2. The Morgan fingerprint density at radius 1 is 1.00 bits per heavy atom. The molecule has 158 valence electrons. The topological polar surface area (TPSA) is 112 Å². The van der Waals surface area contributed by atoms with E-state index in [2.05, 4.69) is 10.0 Å². The van der Waals surface area contributed by atoms with E-state index in [9.17, 15) is 18.5 Å². The molecule has 7 nitrogen and oxygen atoms in total. The van der Waals surface area contributed by atoms with Gasteiger partial charge in [-0.05, 0) is 36.2 Å². The van der Waals surface area contributed by atoms with Crippen LogP contribution in [0.25, 0.3) is 6.08 Å². The standard InChI is InChI=1S/C23H21N3O4S/c24-16-19(23(27)25-14-13-18-7-3-1-4-8-18)15-20-11-12-21(30-20)17-26-31(28,29)22-9-5-2-6-10-22/h1-12,15,26H,13-14,17H2,(H,25,27). The Morgan fingerprint density at radius 3 is 2.35 bits per heavy atom. The van der Waals surface area contributed by atoms with Crippen molar-refractivity contribution < 1.29 is 17.6 Å². The van der Waals surface area contributed by atoms with E-state index < -0.39 is 15.9 Å². The number of hydrogen-bond acceptors (Lipinski definition) is 5. The van der Waals surface area contributed by atoms with Gasteiger partial charge in [0.25, 0.3) is 5.91 Å². The number of carbonyl (C=O) groups is 1. The minimum Gasteiger partial charge on any atom is -0.460 e. The molecule has 0 aliphatic heterocycles. The van der Waals surface area contributed by atoms with Crippen molar-refractivity contribution in [3.05, 3.63) is 95.5 Å². The van der Waals surface area contributed by atoms with Gasteiger partial charge >= 0.3 is 0 Å². The Bertz CT molecular complexity index is 1190. The number of amides is 1. The number of nitrogens with zero attached hydrogens (tertiary/aromatic N) is 1. The van der Waals surface area contributed by atoms with E-state index in [0.29, 0.717) is 18.7 Å². The molecular formula is C23H21N3O4S. The molecule has 2 N–H and O–H groups in total. The maximum Gasteiger partial charge on any atom is 0.262 e. The Balaban J connectivity index is 1.57. The molecule has 3 aromatic rings. The number of benzene rings is 2. The first-order valence-electron chi connectivity index (χ1n) is 9.55. The normalized spacial score (nSPS) is 11.6. The Kier molecular flexibility index (Phi) is 7.38. The highest BCUT2D eigenvalue weighted by Gasteiger charge is 2.14. The van der Waals surface area contributed by atoms with Crippen LogP contribution in [0.15, 0.2) is 87.7 Å². The summed E-state index contributed by atoms with van der Waals surface area (Å²) in [4.78, 5) is 12.4. The van der Waals surface area contributed by atoms with E-state index >= 15 is 0 Å². The summed E-state index contributed by atoms with van der Waals surface area (Å²) >= 11 is 0. The molecule has 0 unspecified atom stereocenters. The fraction of sp³-hybridized carbons (Fsp3) is 0.130. The lowest BCUT2D eigenvalue weighted by Gasteiger charge is -2.05. The van der Waals surface area contributed by atoms with Gasteiger partial charge in [-0.3, -0.25) is 4.79 Å². The summed E-state index contributed by atoms with van der Waals surface area (Å²) in [5.41, 5.74) is 0.984. The third-order valence-electron chi connectivity index (χ3n) is 4.37. The molecule has 0 bridgehead atoms. The maximum absolute atomic E-state index is 12.3. The molecule has 1 amide bonds. The number of nitriles is 1. The van der Waals surface area contributed by atoms with Crippen molar-refractivity contribution in [2.45, 2.75) is 17.9 Å². The third-order valence-corrected chi connectivity index (χ3v) is 5.78. The van der Waals surface area contributed by atoms with Crippen LogP contribution < -0.4 is 10.0 Å². The quantitative estimate of drug-likeness (QED) is 0.396. The first-order chi connectivity index (χ1) is 15.0. The number of carbonyl (C=O) groups excluding carboxylic acids is 1. The number of sulfonamides is 1. The van der Waals surface area contributed by atoms with E-state index in [4.69, 9.17) is 4.42 Å². The van der Waals surface area contributed by atoms with E-state index in [1.54, 1.807) is 30.3 Å². The number of hydrogen-bond donors (Lipinski definition) is 2. The predicted octanol–water partition coefficient (Wildman–Crippen LogP) is 3.02. The average molecular weight is 436 g/mol. The maximum atomic E-state index is 12.3. The Labute approximate surface area is 181 Å². The van der Waals surface area contributed by atoms with Gasteiger partial charge < -0.3 is 9.73 Å². The smallest absolute Gasteiger partial charge is 0.262 e. The van der Waals surface area contributed by atoms with Crippen molar-refractivity contribution in [1.82, 2.24) is 10.0 Å². The van der Waals surface area contributed by atoms with Crippen LogP contribution in [0.2, 0.25) is 0 Å². The monoisotopic (exact) mass is 435 g/mol. The van der Waals surface area contributed by atoms with Gasteiger partial charge in [-0.15, -0.1) is 0 Å². The summed E-state index contributed by atoms with van der Waals surface area (Å²) in [6.07, 6.45) is 1.98. The largest absolute Gasteiger partial charge is 0.460 e. The fourth-order valence-corrected chi connectivity index (χ4v) is 3.78. The van der Waals surface area contributed by atoms with Crippen LogP contribution in [0.4, 0.5) is 0 Å². The first kappa shape index (κ1) is 22.0. The van der Waals surface area contributed by atoms with Crippen molar-refractivity contribution >= 4 is 22.0 Å². The van der Waals surface area contributed by atoms with Crippen LogP contribution in [0.1, 0.15) is 17.1 Å². The average Bonchev–Trinajstić information content (AvgIpc) is 3.25. The van der Waals surface area contributed by atoms with E-state index in [1.807, 2.05) is 36.4 Å². The Hall–Kier alpha value is -3.67. The predicted molar refractivity (Wildman–Crippen MR) is 116 cm³/mol. The summed E-state index contributed by atoms with van der Waals surface area (Å²) in [6.45, 7) is 0.336. The fourth-order valence-electron chi connectivity index (χ4n) is 2.77. The van der Waals surface area contributed by atoms with Crippen molar-refractivity contribution in [3.8, 4) is 6.07 Å². The van der Waals surface area contributed by atoms with Gasteiger partial charge in [-0.2, -0.15) is 5.26 Å². The second-order valence-electron chi connectivity index (χ2n) is 6.60. The Morgan fingerprint density at radius 2 is 1.68 bits per heavy atom. The number of furan rings is 1. The van der Waals surface area contributed by atoms with Gasteiger partial charge in [-0.1, -0.05) is 48.5 Å². The summed E-state index contributed by atoms with van der Waals surface area (Å²) in [5.74, 6) is 0.136. The molecule has 3 rings (SSSR count). The third kappa shape index (κ3) is 6.40. The molecule has 0 aliphatic rings. The second-order valence-corrected chi connectivity index (χ2v) is 8.37. The molecule has 0 atom stereocenters. The highest BCUT2D eigenvalue weighted by molar-refractivity contribution is 7.89. The summed E-state index contributed by atoms with van der Waals surface area (Å²) < 4.78 is 32.5. The number of nitrogens with one attached hydrogen (secondary N) is 2. The van der Waals surface area contributed by atoms with Crippen molar-refractivity contribution in [1.29, 1.82) is 5.26 Å². The minimum absolute atomic E-state index is 0.0593. The van der Waals surface area contributed by atoms with Crippen LogP contribution >= 0.6 is 0 Å².